The zero-order valence-corrected chi connectivity index (χ0v) is 15.3. The van der Waals surface area contributed by atoms with Crippen LogP contribution < -0.4 is 10.1 Å². The highest BCUT2D eigenvalue weighted by Crippen LogP contribution is 2.62. The summed E-state index contributed by atoms with van der Waals surface area (Å²) in [6, 6.07) is 3.52. The maximum Gasteiger partial charge on any atom is 0.174 e. The van der Waals surface area contributed by atoms with Crippen LogP contribution in [0.5, 0.6) is 11.5 Å². The van der Waals surface area contributed by atoms with Gasteiger partial charge in [-0.05, 0) is 56.2 Å². The molecule has 1 aromatic carbocycles. The van der Waals surface area contributed by atoms with E-state index in [-0.39, 0.29) is 17.6 Å². The van der Waals surface area contributed by atoms with Crippen LogP contribution in [0.2, 0.25) is 0 Å². The maximum absolute atomic E-state index is 12.8. The smallest absolute Gasteiger partial charge is 0.174 e. The molecule has 3 aliphatic carbocycles. The zero-order valence-electron chi connectivity index (χ0n) is 15.3. The summed E-state index contributed by atoms with van der Waals surface area (Å²) in [4.78, 5) is 12.8. The molecule has 4 unspecified atom stereocenters. The first-order valence-electron chi connectivity index (χ1n) is 10.0. The third-order valence-corrected chi connectivity index (χ3v) is 7.16. The van der Waals surface area contributed by atoms with Crippen molar-refractivity contribution < 1.29 is 19.7 Å². The third kappa shape index (κ3) is 1.96. The van der Waals surface area contributed by atoms with Gasteiger partial charge in [-0.25, -0.2) is 0 Å². The van der Waals surface area contributed by atoms with E-state index in [0.717, 1.165) is 30.0 Å². The number of benzene rings is 1. The molecule has 0 spiro atoms. The molecule has 1 aliphatic heterocycles. The van der Waals surface area contributed by atoms with Crippen molar-refractivity contribution in [2.45, 2.75) is 75.0 Å². The molecule has 140 valence electrons. The van der Waals surface area contributed by atoms with E-state index in [1.54, 1.807) is 6.07 Å². The summed E-state index contributed by atoms with van der Waals surface area (Å²) in [6.07, 6.45) is 4.87. The van der Waals surface area contributed by atoms with Crippen molar-refractivity contribution in [1.82, 2.24) is 5.32 Å². The summed E-state index contributed by atoms with van der Waals surface area (Å²) < 4.78 is 6.07. The fraction of sp³-hybridized carbons (Fsp3) is 0.667. The lowest BCUT2D eigenvalue weighted by molar-refractivity contribution is -0.159. The number of rotatable bonds is 5. The number of aliphatic hydroxyl groups is 1. The standard InChI is InChI=1S/C21H27NO4/c1-2-8-20-17-13-5-6-14(23)18(17)26-19(20)15(24)7-9-21(20,25)16(10-13)22-11-12-3-4-12/h5-6,12,16,19,22-23,25H,2-4,7-11H2,1H3. The molecule has 4 atom stereocenters. The maximum atomic E-state index is 12.8. The van der Waals surface area contributed by atoms with E-state index in [4.69, 9.17) is 4.74 Å². The van der Waals surface area contributed by atoms with Gasteiger partial charge in [0.1, 0.15) is 0 Å². The topological polar surface area (TPSA) is 78.8 Å². The van der Waals surface area contributed by atoms with Crippen molar-refractivity contribution in [1.29, 1.82) is 0 Å². The van der Waals surface area contributed by atoms with E-state index in [0.29, 0.717) is 31.4 Å². The number of ketones is 1. The molecule has 0 saturated heterocycles. The van der Waals surface area contributed by atoms with E-state index in [9.17, 15) is 15.0 Å². The van der Waals surface area contributed by atoms with Crippen LogP contribution in [0.25, 0.3) is 0 Å². The highest BCUT2D eigenvalue weighted by Gasteiger charge is 2.70. The number of phenolic OH excluding ortho intramolecular Hbond substituents is 1. The van der Waals surface area contributed by atoms with Crippen molar-refractivity contribution in [3.63, 3.8) is 0 Å². The van der Waals surface area contributed by atoms with Crippen molar-refractivity contribution >= 4 is 5.78 Å². The first-order chi connectivity index (χ1) is 12.5. The molecule has 5 rings (SSSR count). The Morgan fingerprint density at radius 3 is 2.88 bits per heavy atom. The Balaban J connectivity index is 1.69. The van der Waals surface area contributed by atoms with Crippen molar-refractivity contribution in [3.05, 3.63) is 23.3 Å². The van der Waals surface area contributed by atoms with Gasteiger partial charge in [0, 0.05) is 18.0 Å². The number of Topliss-reactive ketones (excluding diaryl/α,β-unsaturated/α-hetero) is 1. The van der Waals surface area contributed by atoms with Gasteiger partial charge >= 0.3 is 0 Å². The Labute approximate surface area is 153 Å². The highest BCUT2D eigenvalue weighted by atomic mass is 16.5. The second kappa shape index (κ2) is 5.46. The molecule has 1 heterocycles. The Morgan fingerprint density at radius 1 is 1.35 bits per heavy atom. The van der Waals surface area contributed by atoms with Gasteiger partial charge in [-0.15, -0.1) is 0 Å². The average Bonchev–Trinajstić information content (AvgIpc) is 3.37. The minimum Gasteiger partial charge on any atom is -0.504 e. The van der Waals surface area contributed by atoms with Gasteiger partial charge in [-0.1, -0.05) is 19.4 Å². The van der Waals surface area contributed by atoms with Gasteiger partial charge in [0.25, 0.3) is 0 Å². The molecule has 5 nitrogen and oxygen atoms in total. The Morgan fingerprint density at radius 2 is 2.15 bits per heavy atom. The number of carbonyl (C=O) groups is 1. The second-order valence-electron chi connectivity index (χ2n) is 8.67. The van der Waals surface area contributed by atoms with Crippen LogP contribution in [0.4, 0.5) is 0 Å². The molecule has 2 fully saturated rings. The molecule has 1 aromatic rings. The summed E-state index contributed by atoms with van der Waals surface area (Å²) in [5.74, 6) is 1.27. The van der Waals surface area contributed by atoms with Crippen LogP contribution in [0.15, 0.2) is 12.1 Å². The van der Waals surface area contributed by atoms with Gasteiger partial charge in [-0.2, -0.15) is 0 Å². The normalized spacial score (nSPS) is 37.4. The fourth-order valence-electron chi connectivity index (χ4n) is 5.81. The molecule has 0 radical (unpaired) electrons. The average molecular weight is 357 g/mol. The van der Waals surface area contributed by atoms with Crippen LogP contribution in [0.1, 0.15) is 56.6 Å². The predicted octanol–water partition coefficient (Wildman–Crippen LogP) is 2.21. The van der Waals surface area contributed by atoms with Crippen LogP contribution >= 0.6 is 0 Å². The number of nitrogens with one attached hydrogen (secondary N) is 1. The summed E-state index contributed by atoms with van der Waals surface area (Å²) in [5.41, 5.74) is 0.216. The van der Waals surface area contributed by atoms with Crippen LogP contribution in [0.3, 0.4) is 0 Å². The number of ether oxygens (including phenoxy) is 1. The number of aromatic hydroxyl groups is 1. The predicted molar refractivity (Wildman–Crippen MR) is 96.5 cm³/mol. The lowest BCUT2D eigenvalue weighted by Crippen LogP contribution is -2.72. The fourth-order valence-corrected chi connectivity index (χ4v) is 5.81. The number of carbonyl (C=O) groups excluding carboxylic acids is 1. The quantitative estimate of drug-likeness (QED) is 0.753. The van der Waals surface area contributed by atoms with E-state index in [1.807, 2.05) is 6.07 Å². The van der Waals surface area contributed by atoms with E-state index >= 15 is 0 Å². The number of hydrogen-bond donors (Lipinski definition) is 3. The van der Waals surface area contributed by atoms with E-state index < -0.39 is 17.1 Å². The summed E-state index contributed by atoms with van der Waals surface area (Å²) in [6.45, 7) is 3.01. The van der Waals surface area contributed by atoms with Crippen molar-refractivity contribution in [3.8, 4) is 11.5 Å². The number of phenols is 1. The SMILES string of the molecule is CCCC12c3c4ccc(O)c3OC1C(=O)CCC2(O)C(NCC1CC1)C4. The zero-order chi connectivity index (χ0) is 18.1. The summed E-state index contributed by atoms with van der Waals surface area (Å²) in [7, 11) is 0. The van der Waals surface area contributed by atoms with Crippen molar-refractivity contribution in [2.75, 3.05) is 6.54 Å². The monoisotopic (exact) mass is 357 g/mol. The Hall–Kier alpha value is -1.59. The second-order valence-corrected chi connectivity index (χ2v) is 8.67. The summed E-state index contributed by atoms with van der Waals surface area (Å²) in [5, 5.41) is 26.1. The molecule has 4 aliphatic rings. The molecule has 2 saturated carbocycles. The third-order valence-electron chi connectivity index (χ3n) is 7.16. The minimum atomic E-state index is -1.03. The molecular formula is C21H27NO4. The van der Waals surface area contributed by atoms with E-state index in [2.05, 4.69) is 12.2 Å². The molecule has 0 aromatic heterocycles. The lowest BCUT2D eigenvalue weighted by atomic mass is 9.50. The van der Waals surface area contributed by atoms with E-state index in [1.165, 1.54) is 12.8 Å². The highest BCUT2D eigenvalue weighted by molar-refractivity contribution is 5.89. The molecule has 26 heavy (non-hydrogen) atoms. The van der Waals surface area contributed by atoms with Gasteiger partial charge in [-0.3, -0.25) is 4.79 Å². The molecule has 5 heteroatoms. The minimum absolute atomic E-state index is 0.0486. The van der Waals surface area contributed by atoms with Crippen LogP contribution in [0, 0.1) is 5.92 Å². The van der Waals surface area contributed by atoms with Crippen LogP contribution in [-0.4, -0.2) is 40.3 Å². The van der Waals surface area contributed by atoms with Crippen LogP contribution in [-0.2, 0) is 16.6 Å². The first kappa shape index (κ1) is 16.6. The summed E-state index contributed by atoms with van der Waals surface area (Å²) >= 11 is 0. The lowest BCUT2D eigenvalue weighted by Gasteiger charge is -2.56. The number of hydrogen-bond acceptors (Lipinski definition) is 5. The van der Waals surface area contributed by atoms with Gasteiger partial charge in [0.2, 0.25) is 0 Å². The molecular weight excluding hydrogens is 330 g/mol. The Kier molecular flexibility index (Phi) is 3.48. The molecule has 0 amide bonds. The Bertz CT molecular complexity index is 774. The molecule has 3 N–H and O–H groups in total. The molecule has 0 bridgehead atoms. The van der Waals surface area contributed by atoms with Gasteiger partial charge in [0.05, 0.1) is 11.0 Å². The largest absolute Gasteiger partial charge is 0.504 e. The van der Waals surface area contributed by atoms with Crippen molar-refractivity contribution in [2.24, 2.45) is 5.92 Å². The van der Waals surface area contributed by atoms with Gasteiger partial charge < -0.3 is 20.3 Å². The first-order valence-corrected chi connectivity index (χ1v) is 10.0. The van der Waals surface area contributed by atoms with Gasteiger partial charge in [0.15, 0.2) is 23.4 Å².